The molecule has 1 unspecified atom stereocenters. The van der Waals surface area contributed by atoms with Gasteiger partial charge in [-0.2, -0.15) is 0 Å². The van der Waals surface area contributed by atoms with Crippen molar-refractivity contribution < 1.29 is 14.3 Å². The molecular formula is C19H22N4O3. The van der Waals surface area contributed by atoms with E-state index >= 15 is 0 Å². The van der Waals surface area contributed by atoms with Gasteiger partial charge in [0.1, 0.15) is 12.0 Å². The Labute approximate surface area is 152 Å². The molecule has 1 aliphatic rings. The Morgan fingerprint density at radius 1 is 1.27 bits per heavy atom. The number of pyridine rings is 1. The highest BCUT2D eigenvalue weighted by molar-refractivity contribution is 6.01. The number of methoxy groups -OCH3 is 1. The van der Waals surface area contributed by atoms with Crippen LogP contribution in [0.15, 0.2) is 36.4 Å². The molecule has 0 saturated heterocycles. The lowest BCUT2D eigenvalue weighted by Crippen LogP contribution is -2.45. The van der Waals surface area contributed by atoms with Crippen molar-refractivity contribution in [2.24, 2.45) is 0 Å². The Kier molecular flexibility index (Phi) is 5.18. The fraction of sp³-hybridized carbons (Fsp3) is 0.316. The number of benzene rings is 1. The average Bonchev–Trinajstić information content (AvgIpc) is 2.63. The molecule has 0 spiro atoms. The Morgan fingerprint density at radius 2 is 2.00 bits per heavy atom. The van der Waals surface area contributed by atoms with E-state index in [1.807, 2.05) is 49.2 Å². The van der Waals surface area contributed by atoms with Crippen LogP contribution in [0.2, 0.25) is 0 Å². The summed E-state index contributed by atoms with van der Waals surface area (Å²) in [6.45, 7) is 2.28. The van der Waals surface area contributed by atoms with Gasteiger partial charge in [0.25, 0.3) is 5.91 Å². The fourth-order valence-corrected chi connectivity index (χ4v) is 2.88. The lowest BCUT2D eigenvalue weighted by molar-refractivity contribution is -0.117. The summed E-state index contributed by atoms with van der Waals surface area (Å²) in [5, 5.41) is 5.81. The van der Waals surface area contributed by atoms with Crippen LogP contribution in [-0.2, 0) is 9.53 Å². The summed E-state index contributed by atoms with van der Waals surface area (Å²) in [6.07, 6.45) is -0.0101. The van der Waals surface area contributed by atoms with Crippen molar-refractivity contribution >= 4 is 23.3 Å². The molecular weight excluding hydrogens is 332 g/mol. The molecule has 136 valence electrons. The van der Waals surface area contributed by atoms with Crippen molar-refractivity contribution in [3.8, 4) is 0 Å². The Morgan fingerprint density at radius 3 is 2.69 bits per heavy atom. The van der Waals surface area contributed by atoms with Crippen LogP contribution in [0.4, 0.5) is 11.5 Å². The van der Waals surface area contributed by atoms with E-state index in [0.717, 1.165) is 11.3 Å². The van der Waals surface area contributed by atoms with Gasteiger partial charge in [0.05, 0.1) is 18.6 Å². The second-order valence-electron chi connectivity index (χ2n) is 6.22. The van der Waals surface area contributed by atoms with Crippen molar-refractivity contribution in [2.75, 3.05) is 31.0 Å². The van der Waals surface area contributed by atoms with Crippen LogP contribution >= 0.6 is 0 Å². The Balaban J connectivity index is 1.77. The first-order chi connectivity index (χ1) is 12.5. The summed E-state index contributed by atoms with van der Waals surface area (Å²) in [5.41, 5.74) is 3.04. The van der Waals surface area contributed by atoms with Gasteiger partial charge in [0.15, 0.2) is 0 Å². The molecule has 2 aromatic rings. The number of nitrogens with zero attached hydrogens (tertiary/aromatic N) is 2. The molecule has 0 aliphatic carbocycles. The van der Waals surface area contributed by atoms with E-state index in [9.17, 15) is 9.59 Å². The summed E-state index contributed by atoms with van der Waals surface area (Å²) in [4.78, 5) is 30.6. The molecule has 1 atom stereocenters. The normalized spacial score (nSPS) is 16.0. The van der Waals surface area contributed by atoms with Gasteiger partial charge in [-0.15, -0.1) is 0 Å². The summed E-state index contributed by atoms with van der Waals surface area (Å²) in [6, 6.07) is 11.0. The predicted octanol–water partition coefficient (Wildman–Crippen LogP) is 2.24. The lowest BCUT2D eigenvalue weighted by Gasteiger charge is -2.35. The van der Waals surface area contributed by atoms with E-state index in [0.29, 0.717) is 30.1 Å². The van der Waals surface area contributed by atoms with Gasteiger partial charge in [-0.1, -0.05) is 12.1 Å². The number of anilines is 2. The first-order valence-corrected chi connectivity index (χ1v) is 8.39. The molecule has 2 N–H and O–H groups in total. The van der Waals surface area contributed by atoms with Crippen molar-refractivity contribution in [1.82, 2.24) is 10.3 Å². The fourth-order valence-electron chi connectivity index (χ4n) is 2.88. The molecule has 0 radical (unpaired) electrons. The molecule has 0 fully saturated rings. The van der Waals surface area contributed by atoms with Crippen LogP contribution in [-0.4, -0.2) is 37.6 Å². The molecule has 1 aromatic heterocycles. The lowest BCUT2D eigenvalue weighted by atomic mass is 10.1. The van der Waals surface area contributed by atoms with Crippen LogP contribution in [0.1, 0.15) is 34.2 Å². The smallest absolute Gasteiger partial charge is 0.256 e. The van der Waals surface area contributed by atoms with E-state index in [2.05, 4.69) is 15.6 Å². The number of rotatable bonds is 5. The third-order valence-corrected chi connectivity index (χ3v) is 4.29. The molecule has 0 saturated carbocycles. The molecule has 1 aromatic carbocycles. The minimum Gasteiger partial charge on any atom is -0.384 e. The number of amides is 2. The van der Waals surface area contributed by atoms with E-state index in [4.69, 9.17) is 4.74 Å². The van der Waals surface area contributed by atoms with Gasteiger partial charge in [-0.25, -0.2) is 4.98 Å². The third kappa shape index (κ3) is 3.67. The van der Waals surface area contributed by atoms with E-state index in [-0.39, 0.29) is 18.0 Å². The number of hydrogen-bond donors (Lipinski definition) is 2. The molecule has 26 heavy (non-hydrogen) atoms. The average molecular weight is 354 g/mol. The number of carbonyl (C=O) groups excluding carboxylic acids is 2. The monoisotopic (exact) mass is 354 g/mol. The molecule has 3 rings (SSSR count). The summed E-state index contributed by atoms with van der Waals surface area (Å²) >= 11 is 0. The van der Waals surface area contributed by atoms with Crippen molar-refractivity contribution in [3.05, 3.63) is 53.2 Å². The van der Waals surface area contributed by atoms with Crippen molar-refractivity contribution in [3.63, 3.8) is 0 Å². The number of nitrogens with one attached hydrogen (secondary N) is 2. The first-order valence-electron chi connectivity index (χ1n) is 8.39. The first kappa shape index (κ1) is 17.9. The van der Waals surface area contributed by atoms with E-state index < -0.39 is 0 Å². The number of ether oxygens (including phenoxy) is 1. The maximum absolute atomic E-state index is 12.4. The van der Waals surface area contributed by atoms with Gasteiger partial charge >= 0.3 is 0 Å². The summed E-state index contributed by atoms with van der Waals surface area (Å²) in [7, 11) is 3.46. The van der Waals surface area contributed by atoms with E-state index in [1.165, 1.54) is 0 Å². The van der Waals surface area contributed by atoms with Crippen LogP contribution in [0.25, 0.3) is 0 Å². The number of aromatic nitrogens is 1. The molecule has 7 heteroatoms. The minimum absolute atomic E-state index is 0.101. The topological polar surface area (TPSA) is 83.6 Å². The zero-order valence-corrected chi connectivity index (χ0v) is 15.1. The van der Waals surface area contributed by atoms with Crippen LogP contribution in [0, 0.1) is 6.92 Å². The number of hydrogen-bond acceptors (Lipinski definition) is 5. The quantitative estimate of drug-likeness (QED) is 0.860. The maximum atomic E-state index is 12.4. The zero-order chi connectivity index (χ0) is 18.7. The molecule has 2 heterocycles. The predicted molar refractivity (Wildman–Crippen MR) is 99.1 cm³/mol. The summed E-state index contributed by atoms with van der Waals surface area (Å²) in [5.74, 6) is 0.416. The Bertz CT molecular complexity index is 820. The third-order valence-electron chi connectivity index (χ3n) is 4.29. The van der Waals surface area contributed by atoms with Crippen molar-refractivity contribution in [1.29, 1.82) is 0 Å². The van der Waals surface area contributed by atoms with E-state index in [1.54, 1.807) is 13.2 Å². The standard InChI is InChI=1S/C19H22N4O3/c1-12-4-9-15-18(20-12)23(2)17(22-19(15)25)13-5-7-14(8-6-13)21-16(24)10-11-26-3/h4-9,17H,10-11H2,1-3H3,(H,21,24)(H,22,25). The second-order valence-corrected chi connectivity index (χ2v) is 6.22. The largest absolute Gasteiger partial charge is 0.384 e. The van der Waals surface area contributed by atoms with Crippen molar-refractivity contribution in [2.45, 2.75) is 19.5 Å². The molecule has 2 amide bonds. The number of fused-ring (bicyclic) bond motifs is 1. The van der Waals surface area contributed by atoms with Gasteiger partial charge in [0.2, 0.25) is 5.91 Å². The van der Waals surface area contributed by atoms with Crippen LogP contribution in [0.5, 0.6) is 0 Å². The van der Waals surface area contributed by atoms with Gasteiger partial charge < -0.3 is 20.3 Å². The van der Waals surface area contributed by atoms with Gasteiger partial charge in [0, 0.05) is 25.5 Å². The highest BCUT2D eigenvalue weighted by atomic mass is 16.5. The van der Waals surface area contributed by atoms with Crippen LogP contribution in [0.3, 0.4) is 0 Å². The minimum atomic E-state index is -0.317. The zero-order valence-electron chi connectivity index (χ0n) is 15.1. The maximum Gasteiger partial charge on any atom is 0.256 e. The highest BCUT2D eigenvalue weighted by Crippen LogP contribution is 2.30. The summed E-state index contributed by atoms with van der Waals surface area (Å²) < 4.78 is 4.90. The highest BCUT2D eigenvalue weighted by Gasteiger charge is 2.30. The number of aryl methyl sites for hydroxylation is 1. The molecule has 7 nitrogen and oxygen atoms in total. The Hall–Kier alpha value is -2.93. The van der Waals surface area contributed by atoms with Crippen LogP contribution < -0.4 is 15.5 Å². The van der Waals surface area contributed by atoms with Gasteiger partial charge in [-0.05, 0) is 36.8 Å². The SMILES string of the molecule is COCCC(=O)Nc1ccc(C2NC(=O)c3ccc(C)nc3N2C)cc1. The molecule has 0 bridgehead atoms. The number of carbonyl (C=O) groups is 2. The molecule has 1 aliphatic heterocycles. The second kappa shape index (κ2) is 7.53. The van der Waals surface area contributed by atoms with Gasteiger partial charge in [-0.3, -0.25) is 9.59 Å².